The highest BCUT2D eigenvalue weighted by Crippen LogP contribution is 2.62. The molecule has 0 aliphatic heterocycles. The maximum Gasteiger partial charge on any atom is 0.357 e. The minimum Gasteiger partial charge on any atom is -0.368 e. The fraction of sp³-hybridized carbons (Fsp3) is 0.368. The maximum atomic E-state index is 13.7. The number of hydrogen-bond donors (Lipinski definition) is 1. The molecule has 7 nitrogen and oxygen atoms in total. The molecule has 146 valence electrons. The second kappa shape index (κ2) is 9.13. The smallest absolute Gasteiger partial charge is 0.357 e. The van der Waals surface area contributed by atoms with Crippen LogP contribution in [0.2, 0.25) is 0 Å². The summed E-state index contributed by atoms with van der Waals surface area (Å²) in [6.07, 6.45) is -0.707. The van der Waals surface area contributed by atoms with Crippen molar-refractivity contribution in [3.8, 4) is 0 Å². The quantitative estimate of drug-likeness (QED) is 0.332. The summed E-state index contributed by atoms with van der Waals surface area (Å²) in [5.41, 5.74) is 1.07. The van der Waals surface area contributed by atoms with Crippen molar-refractivity contribution in [3.63, 3.8) is 0 Å². The van der Waals surface area contributed by atoms with Crippen molar-refractivity contribution in [2.24, 2.45) is 0 Å². The summed E-state index contributed by atoms with van der Waals surface area (Å²) >= 11 is 0. The molecule has 2 aromatic rings. The molecule has 0 saturated heterocycles. The molecule has 0 aliphatic carbocycles. The predicted octanol–water partition coefficient (Wildman–Crippen LogP) is 5.75. The van der Waals surface area contributed by atoms with Crippen LogP contribution in [-0.4, -0.2) is 17.1 Å². The Bertz CT molecular complexity index is 797. The van der Waals surface area contributed by atoms with Crippen molar-refractivity contribution in [2.45, 2.75) is 45.7 Å². The van der Waals surface area contributed by atoms with Crippen molar-refractivity contribution in [1.29, 1.82) is 0 Å². The van der Waals surface area contributed by atoms with Gasteiger partial charge in [0.25, 0.3) is 5.69 Å². The molecule has 0 radical (unpaired) electrons. The fourth-order valence-corrected chi connectivity index (χ4v) is 4.88. The van der Waals surface area contributed by atoms with Crippen LogP contribution in [0.4, 0.5) is 11.4 Å². The number of nitrogens with zero attached hydrogens (tertiary/aromatic N) is 1. The number of nitro groups is 1. The number of rotatable bonds is 9. The number of nitro benzene ring substituents is 1. The Hall–Kier alpha value is -2.21. The summed E-state index contributed by atoms with van der Waals surface area (Å²) < 4.78 is 25.2. The van der Waals surface area contributed by atoms with E-state index < -0.39 is 18.3 Å². The highest BCUT2D eigenvalue weighted by Gasteiger charge is 2.40. The van der Waals surface area contributed by atoms with Gasteiger partial charge in [0.1, 0.15) is 0 Å². The molecule has 0 unspecified atom stereocenters. The topological polar surface area (TPSA) is 90.7 Å². The number of nitrogens with one attached hydrogen (secondary N) is 1. The Labute approximate surface area is 159 Å². The van der Waals surface area contributed by atoms with Crippen LogP contribution in [0.25, 0.3) is 0 Å². The van der Waals surface area contributed by atoms with Crippen LogP contribution in [0.1, 0.15) is 39.0 Å². The van der Waals surface area contributed by atoms with E-state index in [1.54, 1.807) is 39.8 Å². The average molecular weight is 392 g/mol. The van der Waals surface area contributed by atoms with E-state index >= 15 is 0 Å². The Kier molecular flexibility index (Phi) is 7.13. The Morgan fingerprint density at radius 3 is 2.07 bits per heavy atom. The maximum absolute atomic E-state index is 13.7. The first kappa shape index (κ1) is 21.1. The molecular weight excluding hydrogens is 367 g/mol. The Morgan fingerprint density at radius 1 is 0.963 bits per heavy atom. The van der Waals surface area contributed by atoms with Gasteiger partial charge in [-0.2, -0.15) is 0 Å². The summed E-state index contributed by atoms with van der Waals surface area (Å²) in [5.74, 6) is -0.899. The lowest BCUT2D eigenvalue weighted by Gasteiger charge is -2.31. The van der Waals surface area contributed by atoms with Crippen molar-refractivity contribution in [3.05, 3.63) is 70.3 Å². The summed E-state index contributed by atoms with van der Waals surface area (Å²) in [6, 6.07) is 15.2. The van der Waals surface area contributed by atoms with Crippen molar-refractivity contribution in [1.82, 2.24) is 0 Å². The Morgan fingerprint density at radius 2 is 1.56 bits per heavy atom. The first-order valence-electron chi connectivity index (χ1n) is 8.73. The van der Waals surface area contributed by atoms with E-state index in [4.69, 9.17) is 9.05 Å². The summed E-state index contributed by atoms with van der Waals surface area (Å²) in [4.78, 5) is 10.7. The van der Waals surface area contributed by atoms with Crippen LogP contribution in [0, 0.1) is 10.1 Å². The van der Waals surface area contributed by atoms with E-state index in [-0.39, 0.29) is 17.9 Å². The van der Waals surface area contributed by atoms with E-state index in [0.717, 1.165) is 0 Å². The van der Waals surface area contributed by atoms with Crippen LogP contribution in [0.3, 0.4) is 0 Å². The van der Waals surface area contributed by atoms with Gasteiger partial charge in [0, 0.05) is 17.8 Å². The van der Waals surface area contributed by atoms with Gasteiger partial charge in [0.15, 0.2) is 5.78 Å². The molecule has 1 N–H and O–H groups in total. The standard InChI is InChI=1S/C19H25N2O5P/c1-14(2)25-27(24,26-15(3)4)19(20-17-10-6-5-7-11-17)16-9-8-12-18(13-16)21(22)23/h5-15,19-20H,1-4H3/t19-/m1/s1. The molecular formula is C19H25N2O5P. The molecule has 2 rings (SSSR count). The first-order chi connectivity index (χ1) is 12.7. The number of hydrogen-bond acceptors (Lipinski definition) is 6. The lowest BCUT2D eigenvalue weighted by atomic mass is 10.2. The van der Waals surface area contributed by atoms with Crippen molar-refractivity contribution >= 4 is 19.0 Å². The third-order valence-corrected chi connectivity index (χ3v) is 6.00. The third-order valence-electron chi connectivity index (χ3n) is 3.51. The highest BCUT2D eigenvalue weighted by atomic mass is 31.2. The fourth-order valence-electron chi connectivity index (χ4n) is 2.58. The van der Waals surface area contributed by atoms with Crippen molar-refractivity contribution < 1.29 is 18.5 Å². The Balaban J connectivity index is 2.54. The summed E-state index contributed by atoms with van der Waals surface area (Å²) in [7, 11) is -3.71. The molecule has 2 aromatic carbocycles. The van der Waals surface area contributed by atoms with Gasteiger partial charge in [-0.15, -0.1) is 0 Å². The minimum absolute atomic E-state index is 0.0898. The van der Waals surface area contributed by atoms with Crippen LogP contribution in [0.15, 0.2) is 54.6 Å². The number of anilines is 1. The third kappa shape index (κ3) is 5.89. The van der Waals surface area contributed by atoms with Crippen LogP contribution >= 0.6 is 7.60 Å². The van der Waals surface area contributed by atoms with Crippen LogP contribution < -0.4 is 5.32 Å². The lowest BCUT2D eigenvalue weighted by Crippen LogP contribution is -2.19. The second-order valence-corrected chi connectivity index (χ2v) is 8.63. The molecule has 27 heavy (non-hydrogen) atoms. The molecule has 0 saturated carbocycles. The lowest BCUT2D eigenvalue weighted by molar-refractivity contribution is -0.384. The molecule has 0 bridgehead atoms. The molecule has 0 amide bonds. The molecule has 0 aliphatic rings. The largest absolute Gasteiger partial charge is 0.368 e. The summed E-state index contributed by atoms with van der Waals surface area (Å²) in [6.45, 7) is 7.07. The first-order valence-corrected chi connectivity index (χ1v) is 10.3. The van der Waals surface area contributed by atoms with Crippen molar-refractivity contribution in [2.75, 3.05) is 5.32 Å². The number of benzene rings is 2. The molecule has 0 aromatic heterocycles. The van der Waals surface area contributed by atoms with Gasteiger partial charge in [0.05, 0.1) is 17.1 Å². The molecule has 8 heteroatoms. The number of non-ortho nitro benzene ring substituents is 1. The zero-order chi connectivity index (χ0) is 20.0. The van der Waals surface area contributed by atoms with Crippen LogP contribution in [0.5, 0.6) is 0 Å². The molecule has 0 spiro atoms. The van der Waals surface area contributed by atoms with E-state index in [0.29, 0.717) is 11.3 Å². The van der Waals surface area contributed by atoms with E-state index in [2.05, 4.69) is 5.32 Å². The second-order valence-electron chi connectivity index (χ2n) is 6.61. The van der Waals surface area contributed by atoms with E-state index in [1.807, 2.05) is 30.3 Å². The summed E-state index contributed by atoms with van der Waals surface area (Å²) in [5, 5.41) is 14.4. The number of para-hydroxylation sites is 1. The monoisotopic (exact) mass is 392 g/mol. The van der Waals surface area contributed by atoms with Gasteiger partial charge >= 0.3 is 7.60 Å². The predicted molar refractivity (Wildman–Crippen MR) is 106 cm³/mol. The van der Waals surface area contributed by atoms with Gasteiger partial charge in [0.2, 0.25) is 0 Å². The minimum atomic E-state index is -3.71. The SMILES string of the molecule is CC(C)OP(=O)(OC(C)C)[C@@H](Nc1ccccc1)c1cccc([N+](=O)[O-])c1. The normalized spacial score (nSPS) is 13.0. The zero-order valence-corrected chi connectivity index (χ0v) is 16.8. The van der Waals surface area contributed by atoms with Gasteiger partial charge in [-0.3, -0.25) is 14.7 Å². The van der Waals surface area contributed by atoms with Gasteiger partial charge in [-0.05, 0) is 45.4 Å². The van der Waals surface area contributed by atoms with Gasteiger partial charge in [-0.1, -0.05) is 30.3 Å². The molecule has 1 atom stereocenters. The zero-order valence-electron chi connectivity index (χ0n) is 15.9. The van der Waals surface area contributed by atoms with Crippen LogP contribution in [-0.2, 0) is 13.6 Å². The van der Waals surface area contributed by atoms with Gasteiger partial charge in [-0.25, -0.2) is 0 Å². The van der Waals surface area contributed by atoms with E-state index in [9.17, 15) is 14.7 Å². The van der Waals surface area contributed by atoms with E-state index in [1.165, 1.54) is 12.1 Å². The highest BCUT2D eigenvalue weighted by molar-refractivity contribution is 7.54. The molecule has 0 fully saturated rings. The molecule has 0 heterocycles. The van der Waals surface area contributed by atoms with Gasteiger partial charge < -0.3 is 14.4 Å². The average Bonchev–Trinajstić information content (AvgIpc) is 2.59.